The van der Waals surface area contributed by atoms with Gasteiger partial charge in [-0.1, -0.05) is 123 Å². The van der Waals surface area contributed by atoms with Crippen LogP contribution in [0.15, 0.2) is 109 Å². The van der Waals surface area contributed by atoms with Gasteiger partial charge in [-0.05, 0) is 164 Å². The van der Waals surface area contributed by atoms with Gasteiger partial charge in [-0.3, -0.25) is 0 Å². The van der Waals surface area contributed by atoms with Crippen LogP contribution in [-0.4, -0.2) is 6.71 Å². The first-order valence-electron chi connectivity index (χ1n) is 22.0. The maximum absolute atomic E-state index is 2.66. The van der Waals surface area contributed by atoms with Crippen molar-refractivity contribution in [3.63, 3.8) is 0 Å². The lowest BCUT2D eigenvalue weighted by molar-refractivity contribution is 0.589. The predicted molar refractivity (Wildman–Crippen MR) is 272 cm³/mol. The second-order valence-electron chi connectivity index (χ2n) is 20.9. The molecule has 2 nitrogen and oxygen atoms in total. The van der Waals surface area contributed by atoms with E-state index in [1.54, 1.807) is 0 Å². The Morgan fingerprint density at radius 1 is 0.459 bits per heavy atom. The summed E-state index contributed by atoms with van der Waals surface area (Å²) in [5.41, 5.74) is 21.2. The Morgan fingerprint density at radius 3 is 1.67 bits per heavy atom. The average molecular weight is 833 g/mol. The van der Waals surface area contributed by atoms with E-state index in [0.717, 1.165) is 0 Å². The standard InChI is InChI=1S/C56H57BN2S2/c1-32-25-37(48-29-36-17-14-15-20-46(36)60-48)26-33(2)51(32)58-43-23-21-39(55(8,9)10)31-42(43)57-49-41-30-38(54(5,6)7)22-24-47(41)61-53(49)59(45-19-16-18-44(58)50(45)57)52-34(3)27-40(28-35(52)4)56(11,12)13/h14-31H,1-13H3. The lowest BCUT2D eigenvalue weighted by Crippen LogP contribution is -2.61. The fourth-order valence-corrected chi connectivity index (χ4v) is 12.5. The van der Waals surface area contributed by atoms with E-state index in [9.17, 15) is 0 Å². The molecular formula is C56H57BN2S2. The predicted octanol–water partition coefficient (Wildman–Crippen LogP) is 15.0. The molecule has 0 bridgehead atoms. The molecule has 8 aromatic rings. The molecule has 0 saturated heterocycles. The molecule has 0 N–H and O–H groups in total. The van der Waals surface area contributed by atoms with Crippen molar-refractivity contribution in [1.82, 2.24) is 0 Å². The molecule has 2 aromatic heterocycles. The number of aryl methyl sites for hydroxylation is 4. The molecule has 2 aliphatic heterocycles. The van der Waals surface area contributed by atoms with E-state index in [1.165, 1.54) is 119 Å². The van der Waals surface area contributed by atoms with Gasteiger partial charge in [-0.2, -0.15) is 0 Å². The Bertz CT molecular complexity index is 3020. The maximum Gasteiger partial charge on any atom is 0.254 e. The number of nitrogens with zero attached hydrogens (tertiary/aromatic N) is 2. The fraction of sp³-hybridized carbons (Fsp3) is 0.286. The van der Waals surface area contributed by atoms with E-state index in [-0.39, 0.29) is 23.0 Å². The van der Waals surface area contributed by atoms with Crippen molar-refractivity contribution < 1.29 is 0 Å². The largest absolute Gasteiger partial charge is 0.311 e. The fourth-order valence-electron chi connectivity index (χ4n) is 10.2. The van der Waals surface area contributed by atoms with E-state index in [2.05, 4.69) is 209 Å². The first kappa shape index (κ1) is 40.0. The van der Waals surface area contributed by atoms with Gasteiger partial charge >= 0.3 is 0 Å². The van der Waals surface area contributed by atoms with Crippen molar-refractivity contribution in [2.45, 2.75) is 106 Å². The Hall–Kier alpha value is -5.10. The Kier molecular flexibility index (Phi) is 8.99. The van der Waals surface area contributed by atoms with Crippen LogP contribution in [0.2, 0.25) is 0 Å². The molecule has 0 atom stereocenters. The molecule has 0 amide bonds. The molecule has 4 heterocycles. The van der Waals surface area contributed by atoms with Gasteiger partial charge in [0, 0.05) is 31.3 Å². The summed E-state index contributed by atoms with van der Waals surface area (Å²) in [4.78, 5) is 6.59. The highest BCUT2D eigenvalue weighted by atomic mass is 32.1. The Labute approximate surface area is 372 Å². The van der Waals surface area contributed by atoms with Crippen LogP contribution in [-0.2, 0) is 16.2 Å². The topological polar surface area (TPSA) is 6.48 Å². The summed E-state index contributed by atoms with van der Waals surface area (Å²) in [6, 6.07) is 42.6. The van der Waals surface area contributed by atoms with Gasteiger partial charge in [-0.15, -0.1) is 22.7 Å². The maximum atomic E-state index is 2.66. The van der Waals surface area contributed by atoms with Gasteiger partial charge in [-0.25, -0.2) is 0 Å². The molecule has 0 fully saturated rings. The lowest BCUT2D eigenvalue weighted by atomic mass is 9.33. The van der Waals surface area contributed by atoms with Gasteiger partial charge < -0.3 is 9.80 Å². The van der Waals surface area contributed by atoms with Crippen molar-refractivity contribution in [2.75, 3.05) is 9.80 Å². The highest BCUT2D eigenvalue weighted by Crippen LogP contribution is 2.51. The minimum Gasteiger partial charge on any atom is -0.311 e. The third-order valence-corrected chi connectivity index (χ3v) is 15.7. The quantitative estimate of drug-likeness (QED) is 0.164. The molecule has 0 saturated carbocycles. The normalized spacial score (nSPS) is 13.9. The molecule has 5 heteroatoms. The van der Waals surface area contributed by atoms with Crippen molar-refractivity contribution in [3.8, 4) is 10.4 Å². The summed E-state index contributed by atoms with van der Waals surface area (Å²) in [6.07, 6.45) is 0. The number of anilines is 6. The molecule has 0 spiro atoms. The summed E-state index contributed by atoms with van der Waals surface area (Å²) >= 11 is 3.85. The van der Waals surface area contributed by atoms with Crippen LogP contribution in [0.1, 0.15) is 101 Å². The van der Waals surface area contributed by atoms with Crippen LogP contribution in [0.4, 0.5) is 33.4 Å². The van der Waals surface area contributed by atoms with E-state index >= 15 is 0 Å². The molecule has 2 aliphatic rings. The van der Waals surface area contributed by atoms with Crippen LogP contribution in [0.25, 0.3) is 30.6 Å². The third-order valence-electron chi connectivity index (χ3n) is 13.3. The zero-order valence-corrected chi connectivity index (χ0v) is 39.8. The smallest absolute Gasteiger partial charge is 0.254 e. The number of hydrogen-bond acceptors (Lipinski definition) is 4. The van der Waals surface area contributed by atoms with E-state index in [4.69, 9.17) is 0 Å². The molecule has 306 valence electrons. The molecule has 0 aliphatic carbocycles. The highest BCUT2D eigenvalue weighted by Gasteiger charge is 2.46. The zero-order valence-electron chi connectivity index (χ0n) is 38.2. The molecular weight excluding hydrogens is 776 g/mol. The number of hydrogen-bond donors (Lipinski definition) is 0. The van der Waals surface area contributed by atoms with Crippen LogP contribution >= 0.6 is 22.7 Å². The van der Waals surface area contributed by atoms with Crippen molar-refractivity contribution in [3.05, 3.63) is 148 Å². The second-order valence-corrected chi connectivity index (χ2v) is 23.0. The summed E-state index contributed by atoms with van der Waals surface area (Å²) < 4.78 is 2.68. The van der Waals surface area contributed by atoms with Gasteiger partial charge in [0.15, 0.2) is 0 Å². The molecule has 61 heavy (non-hydrogen) atoms. The minimum absolute atomic E-state index is 0.0138. The summed E-state index contributed by atoms with van der Waals surface area (Å²) in [7, 11) is 0. The SMILES string of the molecule is Cc1cc(-c2cc3ccccc3s2)cc(C)c1N1c2ccc(C(C)(C)C)cc2B2c3c1cccc3N(c1c(C)cc(C(C)(C)C)cc1C)c1sc3ccc(C(C)(C)C)cc3c12. The van der Waals surface area contributed by atoms with Gasteiger partial charge in [0.2, 0.25) is 0 Å². The lowest BCUT2D eigenvalue weighted by Gasteiger charge is -2.44. The summed E-state index contributed by atoms with van der Waals surface area (Å²) in [5, 5.41) is 4.03. The molecule has 10 rings (SSSR count). The van der Waals surface area contributed by atoms with Crippen LogP contribution < -0.4 is 26.2 Å². The van der Waals surface area contributed by atoms with Crippen LogP contribution in [0.3, 0.4) is 0 Å². The van der Waals surface area contributed by atoms with Crippen molar-refractivity contribution in [1.29, 1.82) is 0 Å². The number of benzene rings is 6. The minimum atomic E-state index is -0.0138. The molecule has 6 aromatic carbocycles. The average Bonchev–Trinajstić information content (AvgIpc) is 3.79. The first-order chi connectivity index (χ1) is 28.8. The number of fused-ring (bicyclic) bond motifs is 7. The van der Waals surface area contributed by atoms with Crippen molar-refractivity contribution >= 4 is 99.4 Å². The van der Waals surface area contributed by atoms with Gasteiger partial charge in [0.05, 0.1) is 16.4 Å². The summed E-state index contributed by atoms with van der Waals surface area (Å²) in [5.74, 6) is 0. The highest BCUT2D eigenvalue weighted by molar-refractivity contribution is 7.26. The molecule has 0 unspecified atom stereocenters. The van der Waals surface area contributed by atoms with E-state index in [0.29, 0.717) is 0 Å². The van der Waals surface area contributed by atoms with Crippen LogP contribution in [0.5, 0.6) is 0 Å². The second kappa shape index (κ2) is 13.7. The number of rotatable bonds is 3. The monoisotopic (exact) mass is 832 g/mol. The summed E-state index contributed by atoms with van der Waals surface area (Å²) in [6.45, 7) is 30.4. The van der Waals surface area contributed by atoms with E-state index in [1.807, 2.05) is 22.7 Å². The number of thiophene rings is 2. The third kappa shape index (κ3) is 6.32. The van der Waals surface area contributed by atoms with Gasteiger partial charge in [0.25, 0.3) is 6.71 Å². The van der Waals surface area contributed by atoms with Gasteiger partial charge in [0.1, 0.15) is 0 Å². The zero-order chi connectivity index (χ0) is 43.1. The van der Waals surface area contributed by atoms with E-state index < -0.39 is 0 Å². The Balaban J connectivity index is 1.29. The van der Waals surface area contributed by atoms with Crippen molar-refractivity contribution in [2.24, 2.45) is 0 Å². The Morgan fingerprint density at radius 2 is 1.03 bits per heavy atom. The first-order valence-corrected chi connectivity index (χ1v) is 23.6. The van der Waals surface area contributed by atoms with Crippen LogP contribution in [0, 0.1) is 27.7 Å². The molecule has 0 radical (unpaired) electrons.